The van der Waals surface area contributed by atoms with Crippen LogP contribution < -0.4 is 9.21 Å². The van der Waals surface area contributed by atoms with Crippen molar-refractivity contribution < 1.29 is 36.2 Å². The Kier molecular flexibility index (Phi) is 9.44. The van der Waals surface area contributed by atoms with E-state index in [1.807, 2.05) is 7.05 Å². The molecule has 45 heavy (non-hydrogen) atoms. The number of benzene rings is 2. The van der Waals surface area contributed by atoms with E-state index in [2.05, 4.69) is 9.88 Å². The summed E-state index contributed by atoms with van der Waals surface area (Å²) in [7, 11) is -0.265. The lowest BCUT2D eigenvalue weighted by molar-refractivity contribution is 0.203. The molecule has 0 radical (unpaired) electrons. The summed E-state index contributed by atoms with van der Waals surface area (Å²) in [6, 6.07) is 9.27. The fourth-order valence-corrected chi connectivity index (χ4v) is 7.76. The van der Waals surface area contributed by atoms with Gasteiger partial charge in [-0.2, -0.15) is 0 Å². The van der Waals surface area contributed by atoms with Gasteiger partial charge in [-0.3, -0.25) is 4.90 Å². The number of rotatable bonds is 9. The van der Waals surface area contributed by atoms with Crippen LogP contribution in [0.25, 0.3) is 21.7 Å². The summed E-state index contributed by atoms with van der Waals surface area (Å²) in [6.45, 7) is 1.00. The summed E-state index contributed by atoms with van der Waals surface area (Å²) in [5.74, 6) is -2.94. The Morgan fingerprint density at radius 3 is 2.56 bits per heavy atom. The number of methoxy groups -OCH3 is 1. The van der Waals surface area contributed by atoms with Gasteiger partial charge in [-0.05, 0) is 81.0 Å². The summed E-state index contributed by atoms with van der Waals surface area (Å²) < 4.78 is 78.0. The highest BCUT2D eigenvalue weighted by atomic mass is 32.2. The molecule has 238 valence electrons. The van der Waals surface area contributed by atoms with Gasteiger partial charge in [0.05, 0.1) is 21.3 Å². The maximum absolute atomic E-state index is 16.6. The normalized spacial score (nSPS) is 14.4. The number of likely N-dealkylation sites (tertiary alicyclic amines) is 1. The number of carbonyl (C=O) groups is 1. The van der Waals surface area contributed by atoms with Gasteiger partial charge in [0.1, 0.15) is 29.1 Å². The third-order valence-corrected chi connectivity index (χ3v) is 10.6. The van der Waals surface area contributed by atoms with Gasteiger partial charge in [0.15, 0.2) is 5.82 Å². The summed E-state index contributed by atoms with van der Waals surface area (Å²) in [5, 5.41) is 10.2. The van der Waals surface area contributed by atoms with Crippen molar-refractivity contribution in [2.24, 2.45) is 0 Å². The quantitative estimate of drug-likeness (QED) is 0.217. The molecule has 2 aromatic carbocycles. The molecule has 1 fully saturated rings. The summed E-state index contributed by atoms with van der Waals surface area (Å²) in [6.07, 6.45) is 1.88. The molecule has 1 aliphatic heterocycles. The number of nitrogens with zero attached hydrogens (tertiary/aromatic N) is 5. The minimum absolute atomic E-state index is 0.0427. The number of sulfonamides is 1. The first-order chi connectivity index (χ1) is 21.4. The molecular weight excluding hydrogens is 631 g/mol. The van der Waals surface area contributed by atoms with E-state index in [9.17, 15) is 27.1 Å². The number of amides is 1. The third kappa shape index (κ3) is 6.52. The predicted octanol–water partition coefficient (Wildman–Crippen LogP) is 6.01. The van der Waals surface area contributed by atoms with Gasteiger partial charge in [0.2, 0.25) is 0 Å². The number of hydrogen-bond acceptors (Lipinski definition) is 8. The van der Waals surface area contributed by atoms with Gasteiger partial charge in [-0.25, -0.2) is 40.7 Å². The van der Waals surface area contributed by atoms with E-state index in [4.69, 9.17) is 9.72 Å². The van der Waals surface area contributed by atoms with Crippen LogP contribution in [-0.2, 0) is 14.8 Å². The third-order valence-electron chi connectivity index (χ3n) is 7.56. The Balaban J connectivity index is 1.67. The molecule has 1 aliphatic rings. The second-order valence-corrected chi connectivity index (χ2v) is 13.4. The SMILES string of the molecule is COCN(c1cccc(-c2nc(C3CCN(C)CC3)sc2-c2ccnc(N(C)C(=O)O)c2)c1F)S(=O)(=O)c1cc(F)ccc1F. The van der Waals surface area contributed by atoms with Gasteiger partial charge >= 0.3 is 6.09 Å². The van der Waals surface area contributed by atoms with Crippen molar-refractivity contribution >= 4 is 39.0 Å². The molecule has 0 atom stereocenters. The van der Waals surface area contributed by atoms with E-state index in [-0.39, 0.29) is 23.0 Å². The molecule has 1 saturated heterocycles. The zero-order valence-electron chi connectivity index (χ0n) is 24.6. The molecule has 3 heterocycles. The van der Waals surface area contributed by atoms with Crippen molar-refractivity contribution in [1.82, 2.24) is 14.9 Å². The molecule has 0 bridgehead atoms. The lowest BCUT2D eigenvalue weighted by Crippen LogP contribution is -2.34. The Morgan fingerprint density at radius 2 is 1.87 bits per heavy atom. The van der Waals surface area contributed by atoms with Gasteiger partial charge < -0.3 is 14.7 Å². The first kappa shape index (κ1) is 32.3. The monoisotopic (exact) mass is 661 g/mol. The van der Waals surface area contributed by atoms with Gasteiger partial charge in [0.25, 0.3) is 10.0 Å². The van der Waals surface area contributed by atoms with Crippen LogP contribution in [0.4, 0.5) is 29.5 Å². The molecule has 15 heteroatoms. The summed E-state index contributed by atoms with van der Waals surface area (Å²) >= 11 is 1.35. The molecule has 0 spiro atoms. The highest BCUT2D eigenvalue weighted by Gasteiger charge is 2.33. The molecule has 10 nitrogen and oxygen atoms in total. The van der Waals surface area contributed by atoms with E-state index < -0.39 is 50.9 Å². The van der Waals surface area contributed by atoms with Crippen LogP contribution in [-0.4, -0.2) is 75.5 Å². The molecular formula is C30H30F3N5O5S2. The number of anilines is 2. The minimum Gasteiger partial charge on any atom is -0.465 e. The van der Waals surface area contributed by atoms with Gasteiger partial charge in [0, 0.05) is 31.8 Å². The smallest absolute Gasteiger partial charge is 0.412 e. The molecule has 5 rings (SSSR count). The largest absolute Gasteiger partial charge is 0.465 e. The lowest BCUT2D eigenvalue weighted by Gasteiger charge is -2.27. The van der Waals surface area contributed by atoms with Crippen LogP contribution in [0, 0.1) is 17.5 Å². The topological polar surface area (TPSA) is 116 Å². The molecule has 0 unspecified atom stereocenters. The van der Waals surface area contributed by atoms with Crippen LogP contribution >= 0.6 is 11.3 Å². The second-order valence-electron chi connectivity index (χ2n) is 10.5. The van der Waals surface area contributed by atoms with Crippen LogP contribution in [0.3, 0.4) is 0 Å². The standard InChI is InChI=1S/C30H30F3N5O5S2/c1-36-13-10-18(11-14-36)29-35-27(28(44-29)19-9-12-34-25(15-19)37(2)30(39)40)21-5-4-6-23(26(21)33)38(17-43-3)45(41,42)24-16-20(31)7-8-22(24)32/h4-9,12,15-16,18H,10-11,13-14,17H2,1-3H3,(H,39,40). The highest BCUT2D eigenvalue weighted by molar-refractivity contribution is 7.92. The molecule has 1 N–H and O–H groups in total. The molecule has 4 aromatic rings. The van der Waals surface area contributed by atoms with Crippen molar-refractivity contribution in [2.75, 3.05) is 50.2 Å². The summed E-state index contributed by atoms with van der Waals surface area (Å²) in [4.78, 5) is 23.3. The average molecular weight is 662 g/mol. The number of carboxylic acid groups (broad SMARTS) is 1. The zero-order valence-corrected chi connectivity index (χ0v) is 26.2. The molecule has 0 aliphatic carbocycles. The number of aromatic nitrogens is 2. The average Bonchev–Trinajstić information content (AvgIpc) is 3.46. The van der Waals surface area contributed by atoms with Crippen LogP contribution in [0.2, 0.25) is 0 Å². The zero-order chi connectivity index (χ0) is 32.5. The number of thiazole rings is 1. The van der Waals surface area contributed by atoms with Crippen molar-refractivity contribution in [3.05, 3.63) is 77.2 Å². The van der Waals surface area contributed by atoms with Gasteiger partial charge in [-0.15, -0.1) is 11.3 Å². The maximum Gasteiger partial charge on any atom is 0.412 e. The molecule has 0 saturated carbocycles. The van der Waals surface area contributed by atoms with Crippen molar-refractivity contribution in [1.29, 1.82) is 0 Å². The maximum atomic E-state index is 16.6. The first-order valence-electron chi connectivity index (χ1n) is 13.8. The highest BCUT2D eigenvalue weighted by Crippen LogP contribution is 2.44. The van der Waals surface area contributed by atoms with Crippen LogP contribution in [0.15, 0.2) is 59.6 Å². The lowest BCUT2D eigenvalue weighted by atomic mass is 9.98. The Bertz CT molecular complexity index is 1830. The van der Waals surface area contributed by atoms with E-state index >= 15 is 4.39 Å². The molecule has 2 aromatic heterocycles. The van der Waals surface area contributed by atoms with Crippen LogP contribution in [0.5, 0.6) is 0 Å². The van der Waals surface area contributed by atoms with Gasteiger partial charge in [-0.1, -0.05) is 6.07 Å². The Morgan fingerprint density at radius 1 is 1.13 bits per heavy atom. The van der Waals surface area contributed by atoms with Crippen molar-refractivity contribution in [3.63, 3.8) is 0 Å². The first-order valence-corrected chi connectivity index (χ1v) is 16.1. The van der Waals surface area contributed by atoms with E-state index in [1.165, 1.54) is 49.9 Å². The van der Waals surface area contributed by atoms with Crippen molar-refractivity contribution in [2.45, 2.75) is 23.7 Å². The fourth-order valence-electron chi connectivity index (χ4n) is 5.06. The number of ether oxygens (including phenoxy) is 1. The second kappa shape index (κ2) is 13.1. The number of hydrogen-bond donors (Lipinski definition) is 1. The number of piperidine rings is 1. The van der Waals surface area contributed by atoms with E-state index in [0.717, 1.165) is 41.9 Å². The van der Waals surface area contributed by atoms with Crippen molar-refractivity contribution in [3.8, 4) is 21.7 Å². The minimum atomic E-state index is -4.83. The number of pyridine rings is 1. The number of halogens is 3. The Hall–Kier alpha value is -4.05. The van der Waals surface area contributed by atoms with E-state index in [0.29, 0.717) is 26.9 Å². The fraction of sp³-hybridized carbons (Fsp3) is 0.300. The molecule has 1 amide bonds. The predicted molar refractivity (Wildman–Crippen MR) is 165 cm³/mol. The van der Waals surface area contributed by atoms with Crippen LogP contribution in [0.1, 0.15) is 23.8 Å². The summed E-state index contributed by atoms with van der Waals surface area (Å²) in [5.41, 5.74) is 0.251. The Labute approximate surface area is 262 Å². The van der Waals surface area contributed by atoms with E-state index in [1.54, 1.807) is 12.1 Å².